The van der Waals surface area contributed by atoms with Crippen molar-refractivity contribution in [3.8, 4) is 0 Å². The number of hydrogen-bond acceptors (Lipinski definition) is 3. The van der Waals surface area contributed by atoms with Gasteiger partial charge in [-0.2, -0.15) is 0 Å². The Morgan fingerprint density at radius 2 is 1.89 bits per heavy atom. The number of amides is 1. The minimum absolute atomic E-state index is 0.0551. The van der Waals surface area contributed by atoms with Gasteiger partial charge in [0.15, 0.2) is 0 Å². The Morgan fingerprint density at radius 1 is 1.33 bits per heavy atom. The van der Waals surface area contributed by atoms with E-state index in [2.05, 4.69) is 5.32 Å². The van der Waals surface area contributed by atoms with Crippen molar-refractivity contribution >= 4 is 11.8 Å². The Bertz CT molecular complexity index is 393. The molecule has 1 aromatic rings. The first-order valence-electron chi connectivity index (χ1n) is 6.17. The molecule has 0 aliphatic carbocycles. The zero-order valence-electron chi connectivity index (χ0n) is 11.5. The van der Waals surface area contributed by atoms with E-state index in [0.717, 1.165) is 12.0 Å². The standard InChI is InChI=1S/C14H22N2O2/c1-5-12(10-6-8-11(15)9-7-10)16-13(17)18-14(2,3)4/h6-9,12H,5,15H2,1-4H3,(H,16,17). The molecule has 0 heterocycles. The molecule has 0 saturated carbocycles. The zero-order valence-corrected chi connectivity index (χ0v) is 11.5. The summed E-state index contributed by atoms with van der Waals surface area (Å²) in [6.45, 7) is 7.54. The van der Waals surface area contributed by atoms with Gasteiger partial charge in [0.2, 0.25) is 0 Å². The Kier molecular flexibility index (Phi) is 4.59. The average Bonchev–Trinajstić information content (AvgIpc) is 2.25. The summed E-state index contributed by atoms with van der Waals surface area (Å²) < 4.78 is 5.24. The third-order valence-electron chi connectivity index (χ3n) is 2.44. The van der Waals surface area contributed by atoms with Gasteiger partial charge in [-0.1, -0.05) is 19.1 Å². The lowest BCUT2D eigenvalue weighted by Gasteiger charge is -2.23. The van der Waals surface area contributed by atoms with Crippen LogP contribution in [0.4, 0.5) is 10.5 Å². The molecule has 1 amide bonds. The number of anilines is 1. The Hall–Kier alpha value is -1.71. The van der Waals surface area contributed by atoms with Crippen LogP contribution in [0.1, 0.15) is 45.7 Å². The largest absolute Gasteiger partial charge is 0.444 e. The number of carbonyl (C=O) groups is 1. The van der Waals surface area contributed by atoms with Gasteiger partial charge in [0, 0.05) is 5.69 Å². The number of nitrogens with two attached hydrogens (primary N) is 1. The van der Waals surface area contributed by atoms with Gasteiger partial charge < -0.3 is 15.8 Å². The van der Waals surface area contributed by atoms with Crippen LogP contribution in [0.2, 0.25) is 0 Å². The molecule has 4 heteroatoms. The van der Waals surface area contributed by atoms with Crippen LogP contribution in [-0.2, 0) is 4.74 Å². The maximum Gasteiger partial charge on any atom is 0.408 e. The molecule has 100 valence electrons. The maximum atomic E-state index is 11.7. The topological polar surface area (TPSA) is 64.3 Å². The molecule has 0 aliphatic heterocycles. The van der Waals surface area contributed by atoms with Crippen molar-refractivity contribution in [2.75, 3.05) is 5.73 Å². The zero-order chi connectivity index (χ0) is 13.8. The van der Waals surface area contributed by atoms with E-state index in [1.807, 2.05) is 52.0 Å². The van der Waals surface area contributed by atoms with E-state index in [0.29, 0.717) is 5.69 Å². The highest BCUT2D eigenvalue weighted by molar-refractivity contribution is 5.68. The number of benzene rings is 1. The van der Waals surface area contributed by atoms with E-state index >= 15 is 0 Å². The van der Waals surface area contributed by atoms with Crippen LogP contribution in [0.15, 0.2) is 24.3 Å². The predicted octanol–water partition coefficient (Wildman–Crippen LogP) is 3.24. The molecule has 0 spiro atoms. The van der Waals surface area contributed by atoms with Gasteiger partial charge >= 0.3 is 6.09 Å². The summed E-state index contributed by atoms with van der Waals surface area (Å²) in [7, 11) is 0. The van der Waals surface area contributed by atoms with Gasteiger partial charge in [-0.25, -0.2) is 4.79 Å². The van der Waals surface area contributed by atoms with Crippen molar-refractivity contribution < 1.29 is 9.53 Å². The Morgan fingerprint density at radius 3 is 2.33 bits per heavy atom. The molecular formula is C14H22N2O2. The van der Waals surface area contributed by atoms with Crippen LogP contribution in [0.5, 0.6) is 0 Å². The average molecular weight is 250 g/mol. The van der Waals surface area contributed by atoms with Crippen LogP contribution in [0.25, 0.3) is 0 Å². The molecule has 0 radical (unpaired) electrons. The normalized spacial score (nSPS) is 12.9. The molecule has 0 aromatic heterocycles. The minimum Gasteiger partial charge on any atom is -0.444 e. The van der Waals surface area contributed by atoms with Crippen molar-refractivity contribution in [3.05, 3.63) is 29.8 Å². The van der Waals surface area contributed by atoms with Crippen LogP contribution < -0.4 is 11.1 Å². The SMILES string of the molecule is CCC(NC(=O)OC(C)(C)C)c1ccc(N)cc1. The smallest absolute Gasteiger partial charge is 0.408 e. The molecule has 1 atom stereocenters. The summed E-state index contributed by atoms with van der Waals surface area (Å²) in [6, 6.07) is 7.44. The van der Waals surface area contributed by atoms with Gasteiger partial charge in [0.25, 0.3) is 0 Å². The second-order valence-corrected chi connectivity index (χ2v) is 5.27. The van der Waals surface area contributed by atoms with Crippen LogP contribution >= 0.6 is 0 Å². The highest BCUT2D eigenvalue weighted by atomic mass is 16.6. The van der Waals surface area contributed by atoms with E-state index in [1.54, 1.807) is 0 Å². The number of hydrogen-bond donors (Lipinski definition) is 2. The first-order chi connectivity index (χ1) is 8.31. The highest BCUT2D eigenvalue weighted by Gasteiger charge is 2.19. The molecular weight excluding hydrogens is 228 g/mol. The molecule has 0 saturated heterocycles. The number of nitrogen functional groups attached to an aromatic ring is 1. The molecule has 1 unspecified atom stereocenters. The molecule has 1 rings (SSSR count). The lowest BCUT2D eigenvalue weighted by atomic mass is 10.0. The van der Waals surface area contributed by atoms with Crippen LogP contribution in [-0.4, -0.2) is 11.7 Å². The summed E-state index contributed by atoms with van der Waals surface area (Å²) in [5.41, 5.74) is 6.90. The van der Waals surface area contributed by atoms with Gasteiger partial charge in [0.1, 0.15) is 5.60 Å². The molecule has 4 nitrogen and oxygen atoms in total. The third kappa shape index (κ3) is 4.65. The molecule has 18 heavy (non-hydrogen) atoms. The van der Waals surface area contributed by atoms with Crippen LogP contribution in [0.3, 0.4) is 0 Å². The van der Waals surface area contributed by atoms with E-state index in [4.69, 9.17) is 10.5 Å². The second-order valence-electron chi connectivity index (χ2n) is 5.27. The van der Waals surface area contributed by atoms with E-state index in [9.17, 15) is 4.79 Å². The number of rotatable bonds is 3. The number of ether oxygens (including phenoxy) is 1. The van der Waals surface area contributed by atoms with E-state index in [-0.39, 0.29) is 6.04 Å². The third-order valence-corrected chi connectivity index (χ3v) is 2.44. The van der Waals surface area contributed by atoms with Gasteiger partial charge in [-0.15, -0.1) is 0 Å². The first-order valence-corrected chi connectivity index (χ1v) is 6.17. The summed E-state index contributed by atoms with van der Waals surface area (Å²) >= 11 is 0. The fourth-order valence-corrected chi connectivity index (χ4v) is 1.60. The Balaban J connectivity index is 2.68. The number of alkyl carbamates (subject to hydrolysis) is 1. The summed E-state index contributed by atoms with van der Waals surface area (Å²) in [5, 5.41) is 2.86. The quantitative estimate of drug-likeness (QED) is 0.809. The molecule has 3 N–H and O–H groups in total. The summed E-state index contributed by atoms with van der Waals surface area (Å²) in [5.74, 6) is 0. The second kappa shape index (κ2) is 5.76. The highest BCUT2D eigenvalue weighted by Crippen LogP contribution is 2.18. The minimum atomic E-state index is -0.483. The van der Waals surface area contributed by atoms with Gasteiger partial charge in [0.05, 0.1) is 6.04 Å². The van der Waals surface area contributed by atoms with E-state index < -0.39 is 11.7 Å². The lowest BCUT2D eigenvalue weighted by molar-refractivity contribution is 0.0502. The predicted molar refractivity (Wildman–Crippen MR) is 73.3 cm³/mol. The van der Waals surface area contributed by atoms with Crippen molar-refractivity contribution in [2.45, 2.75) is 45.8 Å². The summed E-state index contributed by atoms with van der Waals surface area (Å²) in [6.07, 6.45) is 0.398. The van der Waals surface area contributed by atoms with Crippen molar-refractivity contribution in [1.29, 1.82) is 0 Å². The van der Waals surface area contributed by atoms with Crippen molar-refractivity contribution in [2.24, 2.45) is 0 Å². The van der Waals surface area contributed by atoms with Gasteiger partial charge in [-0.05, 0) is 44.9 Å². The number of carbonyl (C=O) groups excluding carboxylic acids is 1. The Labute approximate surface area is 109 Å². The van der Waals surface area contributed by atoms with Crippen LogP contribution in [0, 0.1) is 0 Å². The first kappa shape index (κ1) is 14.4. The van der Waals surface area contributed by atoms with E-state index in [1.165, 1.54) is 0 Å². The monoisotopic (exact) mass is 250 g/mol. The number of nitrogens with one attached hydrogen (secondary N) is 1. The molecule has 1 aromatic carbocycles. The van der Waals surface area contributed by atoms with Crippen molar-refractivity contribution in [3.63, 3.8) is 0 Å². The fraction of sp³-hybridized carbons (Fsp3) is 0.500. The fourth-order valence-electron chi connectivity index (χ4n) is 1.60. The molecule has 0 bridgehead atoms. The maximum absolute atomic E-state index is 11.7. The van der Waals surface area contributed by atoms with Gasteiger partial charge in [-0.3, -0.25) is 0 Å². The molecule has 0 fully saturated rings. The molecule has 0 aliphatic rings. The summed E-state index contributed by atoms with van der Waals surface area (Å²) in [4.78, 5) is 11.7. The van der Waals surface area contributed by atoms with Crippen molar-refractivity contribution in [1.82, 2.24) is 5.32 Å². The lowest BCUT2D eigenvalue weighted by Crippen LogP contribution is -2.34.